The number of carbonyl (C=O) groups excluding carboxylic acids is 1. The highest BCUT2D eigenvalue weighted by Gasteiger charge is 2.30. The van der Waals surface area contributed by atoms with E-state index in [1.54, 1.807) is 14.2 Å². The summed E-state index contributed by atoms with van der Waals surface area (Å²) >= 11 is 0. The van der Waals surface area contributed by atoms with Crippen molar-refractivity contribution in [3.8, 4) is 5.75 Å². The van der Waals surface area contributed by atoms with Crippen LogP contribution < -0.4 is 4.74 Å². The number of hydrogen-bond acceptors (Lipinski definition) is 3. The molecule has 1 aromatic carbocycles. The predicted octanol–water partition coefficient (Wildman–Crippen LogP) is 1.95. The van der Waals surface area contributed by atoms with Crippen molar-refractivity contribution in [2.24, 2.45) is 0 Å². The average molecular weight is 249 g/mol. The van der Waals surface area contributed by atoms with E-state index in [2.05, 4.69) is 0 Å². The number of benzene rings is 1. The van der Waals surface area contributed by atoms with Crippen molar-refractivity contribution in [2.75, 3.05) is 27.4 Å². The van der Waals surface area contributed by atoms with E-state index >= 15 is 0 Å². The fourth-order valence-electron chi connectivity index (χ4n) is 2.44. The number of amides is 1. The average Bonchev–Trinajstić information content (AvgIpc) is 2.86. The summed E-state index contributed by atoms with van der Waals surface area (Å²) in [4.78, 5) is 14.4. The first kappa shape index (κ1) is 12.9. The number of likely N-dealkylation sites (tertiary alicyclic amines) is 1. The van der Waals surface area contributed by atoms with E-state index in [0.29, 0.717) is 17.9 Å². The number of hydrogen-bond donors (Lipinski definition) is 0. The molecule has 0 aliphatic carbocycles. The van der Waals surface area contributed by atoms with Crippen molar-refractivity contribution in [1.29, 1.82) is 0 Å². The Morgan fingerprint density at radius 2 is 2.17 bits per heavy atom. The Labute approximate surface area is 107 Å². The van der Waals surface area contributed by atoms with Gasteiger partial charge in [0.1, 0.15) is 5.75 Å². The molecule has 1 saturated heterocycles. The second-order valence-corrected chi connectivity index (χ2v) is 4.45. The second kappa shape index (κ2) is 5.87. The zero-order valence-electron chi connectivity index (χ0n) is 10.9. The zero-order valence-corrected chi connectivity index (χ0v) is 10.9. The van der Waals surface area contributed by atoms with Crippen molar-refractivity contribution in [1.82, 2.24) is 4.90 Å². The van der Waals surface area contributed by atoms with Crippen LogP contribution >= 0.6 is 0 Å². The van der Waals surface area contributed by atoms with Crippen LogP contribution in [0.3, 0.4) is 0 Å². The number of ether oxygens (including phenoxy) is 2. The van der Waals surface area contributed by atoms with Gasteiger partial charge in [-0.05, 0) is 25.0 Å². The standard InChI is InChI=1S/C14H19NO3/c1-17-10-11-6-5-9-15(11)14(16)12-7-3-4-8-13(12)18-2/h3-4,7-8,11H,5-6,9-10H2,1-2H3/t11-/m0/s1. The van der Waals surface area contributed by atoms with Crippen LogP contribution in [0.15, 0.2) is 24.3 Å². The van der Waals surface area contributed by atoms with Gasteiger partial charge < -0.3 is 14.4 Å². The molecule has 0 spiro atoms. The molecule has 0 saturated carbocycles. The first-order valence-corrected chi connectivity index (χ1v) is 6.21. The number of rotatable bonds is 4. The molecule has 4 heteroatoms. The highest BCUT2D eigenvalue weighted by Crippen LogP contribution is 2.24. The molecule has 1 amide bonds. The Morgan fingerprint density at radius 3 is 2.89 bits per heavy atom. The zero-order chi connectivity index (χ0) is 13.0. The minimum Gasteiger partial charge on any atom is -0.496 e. The summed E-state index contributed by atoms with van der Waals surface area (Å²) in [5.74, 6) is 0.664. The minimum absolute atomic E-state index is 0.0343. The molecule has 0 N–H and O–H groups in total. The lowest BCUT2D eigenvalue weighted by Gasteiger charge is -2.24. The van der Waals surface area contributed by atoms with E-state index in [0.717, 1.165) is 19.4 Å². The van der Waals surface area contributed by atoms with E-state index in [9.17, 15) is 4.79 Å². The van der Waals surface area contributed by atoms with E-state index < -0.39 is 0 Å². The van der Waals surface area contributed by atoms with Gasteiger partial charge in [-0.25, -0.2) is 0 Å². The topological polar surface area (TPSA) is 38.8 Å². The minimum atomic E-state index is 0.0343. The summed E-state index contributed by atoms with van der Waals surface area (Å²) in [5, 5.41) is 0. The van der Waals surface area contributed by atoms with Crippen LogP contribution in [0.5, 0.6) is 5.75 Å². The second-order valence-electron chi connectivity index (χ2n) is 4.45. The fourth-order valence-corrected chi connectivity index (χ4v) is 2.44. The fraction of sp³-hybridized carbons (Fsp3) is 0.500. The highest BCUT2D eigenvalue weighted by molar-refractivity contribution is 5.97. The van der Waals surface area contributed by atoms with Gasteiger partial charge in [0, 0.05) is 13.7 Å². The van der Waals surface area contributed by atoms with Gasteiger partial charge in [-0.2, -0.15) is 0 Å². The largest absolute Gasteiger partial charge is 0.496 e. The van der Waals surface area contributed by atoms with Gasteiger partial charge in [0.2, 0.25) is 0 Å². The number of methoxy groups -OCH3 is 2. The van der Waals surface area contributed by atoms with Crippen LogP contribution in [-0.4, -0.2) is 44.2 Å². The van der Waals surface area contributed by atoms with Gasteiger partial charge in [-0.3, -0.25) is 4.79 Å². The van der Waals surface area contributed by atoms with Crippen LogP contribution in [0.25, 0.3) is 0 Å². The lowest BCUT2D eigenvalue weighted by atomic mass is 10.1. The molecule has 1 aliphatic rings. The van der Waals surface area contributed by atoms with Gasteiger partial charge in [-0.15, -0.1) is 0 Å². The molecule has 0 unspecified atom stereocenters. The van der Waals surface area contributed by atoms with E-state index in [-0.39, 0.29) is 11.9 Å². The van der Waals surface area contributed by atoms with Gasteiger partial charge in [-0.1, -0.05) is 12.1 Å². The van der Waals surface area contributed by atoms with Gasteiger partial charge in [0.15, 0.2) is 0 Å². The Balaban J connectivity index is 2.20. The smallest absolute Gasteiger partial charge is 0.257 e. The Morgan fingerprint density at radius 1 is 1.39 bits per heavy atom. The van der Waals surface area contributed by atoms with Crippen LogP contribution in [0.4, 0.5) is 0 Å². The van der Waals surface area contributed by atoms with Crippen molar-refractivity contribution in [3.05, 3.63) is 29.8 Å². The molecule has 1 atom stereocenters. The van der Waals surface area contributed by atoms with E-state index in [1.165, 1.54) is 0 Å². The Kier molecular flexibility index (Phi) is 4.20. The van der Waals surface area contributed by atoms with Gasteiger partial charge >= 0.3 is 0 Å². The van der Waals surface area contributed by atoms with Crippen molar-refractivity contribution < 1.29 is 14.3 Å². The Bertz CT molecular complexity index is 419. The molecule has 18 heavy (non-hydrogen) atoms. The van der Waals surface area contributed by atoms with Crippen molar-refractivity contribution in [3.63, 3.8) is 0 Å². The van der Waals surface area contributed by atoms with Gasteiger partial charge in [0.05, 0.1) is 25.3 Å². The summed E-state index contributed by atoms with van der Waals surface area (Å²) in [6.07, 6.45) is 2.05. The number of carbonyl (C=O) groups is 1. The van der Waals surface area contributed by atoms with Crippen LogP contribution in [0, 0.1) is 0 Å². The molecule has 0 radical (unpaired) electrons. The number of nitrogens with zero attached hydrogens (tertiary/aromatic N) is 1. The monoisotopic (exact) mass is 249 g/mol. The molecule has 0 aromatic heterocycles. The summed E-state index contributed by atoms with van der Waals surface area (Å²) < 4.78 is 10.4. The summed E-state index contributed by atoms with van der Waals surface area (Å²) in [5.41, 5.74) is 0.628. The third kappa shape index (κ3) is 2.48. The third-order valence-corrected chi connectivity index (χ3v) is 3.33. The summed E-state index contributed by atoms with van der Waals surface area (Å²) in [7, 11) is 3.26. The lowest BCUT2D eigenvalue weighted by Crippen LogP contribution is -2.38. The molecule has 2 rings (SSSR count). The predicted molar refractivity (Wildman–Crippen MR) is 68.9 cm³/mol. The maximum atomic E-state index is 12.5. The van der Waals surface area contributed by atoms with Crippen molar-refractivity contribution >= 4 is 5.91 Å². The molecule has 98 valence electrons. The van der Waals surface area contributed by atoms with E-state index in [4.69, 9.17) is 9.47 Å². The lowest BCUT2D eigenvalue weighted by molar-refractivity contribution is 0.0627. The van der Waals surface area contributed by atoms with Crippen molar-refractivity contribution in [2.45, 2.75) is 18.9 Å². The highest BCUT2D eigenvalue weighted by atomic mass is 16.5. The third-order valence-electron chi connectivity index (χ3n) is 3.33. The molecule has 1 aliphatic heterocycles. The number of para-hydroxylation sites is 1. The van der Waals surface area contributed by atoms with E-state index in [1.807, 2.05) is 29.2 Å². The summed E-state index contributed by atoms with van der Waals surface area (Å²) in [6.45, 7) is 1.39. The van der Waals surface area contributed by atoms with Gasteiger partial charge in [0.25, 0.3) is 5.91 Å². The molecular formula is C14H19NO3. The molecule has 1 aromatic rings. The van der Waals surface area contributed by atoms with Crippen LogP contribution in [-0.2, 0) is 4.74 Å². The Hall–Kier alpha value is -1.55. The molecule has 0 bridgehead atoms. The normalized spacial score (nSPS) is 19.0. The first-order valence-electron chi connectivity index (χ1n) is 6.21. The molecular weight excluding hydrogens is 230 g/mol. The summed E-state index contributed by atoms with van der Waals surface area (Å²) in [6, 6.07) is 7.54. The first-order chi connectivity index (χ1) is 8.77. The SMILES string of the molecule is COC[C@@H]1CCCN1C(=O)c1ccccc1OC. The van der Waals surface area contributed by atoms with Crippen LogP contribution in [0.1, 0.15) is 23.2 Å². The molecule has 1 heterocycles. The molecule has 1 fully saturated rings. The molecule has 4 nitrogen and oxygen atoms in total. The maximum Gasteiger partial charge on any atom is 0.257 e. The maximum absolute atomic E-state index is 12.5. The quantitative estimate of drug-likeness (QED) is 0.818. The van der Waals surface area contributed by atoms with Crippen LogP contribution in [0.2, 0.25) is 0 Å².